The van der Waals surface area contributed by atoms with Crippen LogP contribution in [0.2, 0.25) is 0 Å². The van der Waals surface area contributed by atoms with E-state index in [4.69, 9.17) is 0 Å². The predicted octanol–water partition coefficient (Wildman–Crippen LogP) is 2.61. The van der Waals surface area contributed by atoms with Gasteiger partial charge in [-0.05, 0) is 30.9 Å². The van der Waals surface area contributed by atoms with E-state index in [0.29, 0.717) is 0 Å². The fourth-order valence-electron chi connectivity index (χ4n) is 2.00. The molecule has 1 aliphatic carbocycles. The molecule has 0 bridgehead atoms. The topological polar surface area (TPSA) is 33.1 Å². The third-order valence-electron chi connectivity index (χ3n) is 3.15. The van der Waals surface area contributed by atoms with Gasteiger partial charge in [0.15, 0.2) is 0 Å². The van der Waals surface area contributed by atoms with E-state index in [-0.39, 0.29) is 6.10 Å². The summed E-state index contributed by atoms with van der Waals surface area (Å²) < 4.78 is 0. The van der Waals surface area contributed by atoms with Crippen LogP contribution in [0.15, 0.2) is 18.3 Å². The number of hydrogen-bond donors (Lipinski definition) is 1. The fraction of sp³-hybridized carbons (Fsp3) is 0.583. The highest BCUT2D eigenvalue weighted by Gasteiger charge is 2.22. The van der Waals surface area contributed by atoms with Crippen molar-refractivity contribution in [2.45, 2.75) is 38.7 Å². The second kappa shape index (κ2) is 4.09. The SMILES string of the molecule is Cc1cccnc1C(O)CC1CCC1. The first kappa shape index (κ1) is 9.66. The molecule has 0 spiro atoms. The lowest BCUT2D eigenvalue weighted by atomic mass is 9.80. The predicted molar refractivity (Wildman–Crippen MR) is 55.9 cm³/mol. The van der Waals surface area contributed by atoms with Gasteiger partial charge in [0.2, 0.25) is 0 Å². The number of rotatable bonds is 3. The zero-order chi connectivity index (χ0) is 9.97. The quantitative estimate of drug-likeness (QED) is 0.796. The number of aryl methyl sites for hydroxylation is 1. The molecule has 1 atom stereocenters. The molecule has 1 aromatic heterocycles. The van der Waals surface area contributed by atoms with Crippen molar-refractivity contribution < 1.29 is 5.11 Å². The van der Waals surface area contributed by atoms with Gasteiger partial charge >= 0.3 is 0 Å². The first-order valence-electron chi connectivity index (χ1n) is 5.37. The van der Waals surface area contributed by atoms with E-state index in [1.165, 1.54) is 19.3 Å². The molecular weight excluding hydrogens is 174 g/mol. The molecule has 2 rings (SSSR count). The maximum absolute atomic E-state index is 9.97. The van der Waals surface area contributed by atoms with Crippen LogP contribution in [0, 0.1) is 12.8 Å². The molecule has 1 saturated carbocycles. The fourth-order valence-corrected chi connectivity index (χ4v) is 2.00. The van der Waals surface area contributed by atoms with Crippen molar-refractivity contribution in [2.24, 2.45) is 5.92 Å². The van der Waals surface area contributed by atoms with Crippen molar-refractivity contribution in [3.05, 3.63) is 29.6 Å². The average molecular weight is 191 g/mol. The summed E-state index contributed by atoms with van der Waals surface area (Å²) in [6, 6.07) is 3.92. The number of aliphatic hydroxyl groups is 1. The van der Waals surface area contributed by atoms with Crippen LogP contribution in [-0.4, -0.2) is 10.1 Å². The maximum Gasteiger partial charge on any atom is 0.0965 e. The van der Waals surface area contributed by atoms with Crippen LogP contribution in [0.1, 0.15) is 43.0 Å². The van der Waals surface area contributed by atoms with Gasteiger partial charge in [0, 0.05) is 6.20 Å². The smallest absolute Gasteiger partial charge is 0.0965 e. The van der Waals surface area contributed by atoms with Gasteiger partial charge in [0.25, 0.3) is 0 Å². The Morgan fingerprint density at radius 1 is 1.57 bits per heavy atom. The van der Waals surface area contributed by atoms with Crippen molar-refractivity contribution >= 4 is 0 Å². The summed E-state index contributed by atoms with van der Waals surface area (Å²) in [6.07, 6.45) is 6.18. The molecular formula is C12H17NO. The Labute approximate surface area is 85.0 Å². The highest BCUT2D eigenvalue weighted by molar-refractivity contribution is 5.19. The molecule has 1 aromatic rings. The molecule has 2 nitrogen and oxygen atoms in total. The van der Waals surface area contributed by atoms with Gasteiger partial charge in [-0.1, -0.05) is 25.3 Å². The summed E-state index contributed by atoms with van der Waals surface area (Å²) in [7, 11) is 0. The summed E-state index contributed by atoms with van der Waals surface area (Å²) >= 11 is 0. The van der Waals surface area contributed by atoms with Crippen molar-refractivity contribution in [3.63, 3.8) is 0 Å². The molecule has 0 aromatic carbocycles. The Kier molecular flexibility index (Phi) is 2.82. The second-order valence-electron chi connectivity index (χ2n) is 4.25. The molecule has 0 saturated heterocycles. The molecule has 0 aliphatic heterocycles. The lowest BCUT2D eigenvalue weighted by Gasteiger charge is -2.27. The summed E-state index contributed by atoms with van der Waals surface area (Å²) in [6.45, 7) is 2.01. The molecule has 1 N–H and O–H groups in total. The van der Waals surface area contributed by atoms with Crippen molar-refractivity contribution in [1.82, 2.24) is 4.98 Å². The van der Waals surface area contributed by atoms with Gasteiger partial charge in [-0.3, -0.25) is 4.98 Å². The summed E-state index contributed by atoms with van der Waals surface area (Å²) in [4.78, 5) is 4.24. The minimum absolute atomic E-state index is 0.360. The summed E-state index contributed by atoms with van der Waals surface area (Å²) in [5.74, 6) is 0.728. The number of nitrogens with zero attached hydrogens (tertiary/aromatic N) is 1. The molecule has 0 radical (unpaired) electrons. The van der Waals surface area contributed by atoms with E-state index in [1.807, 2.05) is 19.1 Å². The molecule has 0 amide bonds. The van der Waals surface area contributed by atoms with Gasteiger partial charge in [0.05, 0.1) is 11.8 Å². The molecule has 1 aliphatic rings. The normalized spacial score (nSPS) is 19.0. The van der Waals surface area contributed by atoms with Crippen LogP contribution in [-0.2, 0) is 0 Å². The van der Waals surface area contributed by atoms with Gasteiger partial charge in [0.1, 0.15) is 0 Å². The largest absolute Gasteiger partial charge is 0.387 e. The van der Waals surface area contributed by atoms with Crippen LogP contribution in [0.5, 0.6) is 0 Å². The zero-order valence-electron chi connectivity index (χ0n) is 8.61. The number of pyridine rings is 1. The lowest BCUT2D eigenvalue weighted by Crippen LogP contribution is -2.16. The third-order valence-corrected chi connectivity index (χ3v) is 3.15. The Morgan fingerprint density at radius 3 is 2.93 bits per heavy atom. The molecule has 1 fully saturated rings. The third kappa shape index (κ3) is 1.95. The lowest BCUT2D eigenvalue weighted by molar-refractivity contribution is 0.114. The highest BCUT2D eigenvalue weighted by atomic mass is 16.3. The Balaban J connectivity index is 2.02. The second-order valence-corrected chi connectivity index (χ2v) is 4.25. The van der Waals surface area contributed by atoms with Crippen molar-refractivity contribution in [1.29, 1.82) is 0 Å². The van der Waals surface area contributed by atoms with Crippen LogP contribution in [0.4, 0.5) is 0 Å². The number of aliphatic hydroxyl groups excluding tert-OH is 1. The Morgan fingerprint density at radius 2 is 2.36 bits per heavy atom. The first-order valence-corrected chi connectivity index (χ1v) is 5.37. The zero-order valence-corrected chi connectivity index (χ0v) is 8.61. The number of aromatic nitrogens is 1. The first-order chi connectivity index (χ1) is 6.77. The van der Waals surface area contributed by atoms with E-state index in [2.05, 4.69) is 4.98 Å². The van der Waals surface area contributed by atoms with Crippen LogP contribution in [0.25, 0.3) is 0 Å². The maximum atomic E-state index is 9.97. The van der Waals surface area contributed by atoms with Gasteiger partial charge in [-0.2, -0.15) is 0 Å². The molecule has 76 valence electrons. The molecule has 14 heavy (non-hydrogen) atoms. The van der Waals surface area contributed by atoms with E-state index in [9.17, 15) is 5.11 Å². The van der Waals surface area contributed by atoms with Crippen LogP contribution in [0.3, 0.4) is 0 Å². The molecule has 2 heteroatoms. The van der Waals surface area contributed by atoms with Gasteiger partial charge in [-0.25, -0.2) is 0 Å². The summed E-state index contributed by atoms with van der Waals surface area (Å²) in [5, 5.41) is 9.97. The van der Waals surface area contributed by atoms with Crippen molar-refractivity contribution in [3.8, 4) is 0 Å². The number of hydrogen-bond acceptors (Lipinski definition) is 2. The van der Waals surface area contributed by atoms with E-state index in [0.717, 1.165) is 23.6 Å². The highest BCUT2D eigenvalue weighted by Crippen LogP contribution is 2.34. The Bertz CT molecular complexity index is 307. The Hall–Kier alpha value is -0.890. The van der Waals surface area contributed by atoms with E-state index < -0.39 is 0 Å². The molecule has 1 heterocycles. The minimum Gasteiger partial charge on any atom is -0.387 e. The van der Waals surface area contributed by atoms with Crippen molar-refractivity contribution in [2.75, 3.05) is 0 Å². The monoisotopic (exact) mass is 191 g/mol. The van der Waals surface area contributed by atoms with Gasteiger partial charge in [-0.15, -0.1) is 0 Å². The standard InChI is InChI=1S/C12H17NO/c1-9-4-3-7-13-12(9)11(14)8-10-5-2-6-10/h3-4,7,10-11,14H,2,5-6,8H2,1H3. The minimum atomic E-state index is -0.360. The molecule has 1 unspecified atom stereocenters. The van der Waals surface area contributed by atoms with E-state index >= 15 is 0 Å². The summed E-state index contributed by atoms with van der Waals surface area (Å²) in [5.41, 5.74) is 1.96. The van der Waals surface area contributed by atoms with Crippen LogP contribution < -0.4 is 0 Å². The average Bonchev–Trinajstić information content (AvgIpc) is 2.12. The van der Waals surface area contributed by atoms with Crippen LogP contribution >= 0.6 is 0 Å². The van der Waals surface area contributed by atoms with Gasteiger partial charge < -0.3 is 5.11 Å². The van der Waals surface area contributed by atoms with E-state index in [1.54, 1.807) is 6.20 Å².